The van der Waals surface area contributed by atoms with Crippen molar-refractivity contribution in [3.8, 4) is 5.75 Å². The van der Waals surface area contributed by atoms with Crippen molar-refractivity contribution >= 4 is 0 Å². The molecule has 8 heteroatoms. The molecule has 0 amide bonds. The molecule has 0 aliphatic carbocycles. The Morgan fingerprint density at radius 3 is 2.18 bits per heavy atom. The summed E-state index contributed by atoms with van der Waals surface area (Å²) in [6, 6.07) is 1.58. The van der Waals surface area contributed by atoms with Crippen molar-refractivity contribution in [2.75, 3.05) is 0 Å². The monoisotopic (exact) mass is 260 g/mol. The summed E-state index contributed by atoms with van der Waals surface area (Å²) in [5, 5.41) is 8.76. The van der Waals surface area contributed by atoms with Crippen LogP contribution in [0.1, 0.15) is 11.7 Å². The number of aliphatic hydroxyl groups excluding tert-OH is 1. The van der Waals surface area contributed by atoms with Crippen molar-refractivity contribution in [3.05, 3.63) is 29.6 Å². The lowest BCUT2D eigenvalue weighted by molar-refractivity contribution is -0.207. The second-order valence-corrected chi connectivity index (χ2v) is 3.01. The zero-order valence-electron chi connectivity index (χ0n) is 8.01. The summed E-state index contributed by atoms with van der Waals surface area (Å²) < 4.78 is 76.5. The molecule has 1 rings (SSSR count). The number of ether oxygens (including phenoxy) is 1. The van der Waals surface area contributed by atoms with Gasteiger partial charge in [0.2, 0.25) is 0 Å². The molecule has 1 atom stereocenters. The van der Waals surface area contributed by atoms with Gasteiger partial charge in [-0.25, -0.2) is 4.39 Å². The van der Waals surface area contributed by atoms with Gasteiger partial charge in [-0.1, -0.05) is 0 Å². The Labute approximate surface area is 91.4 Å². The quantitative estimate of drug-likeness (QED) is 0.846. The van der Waals surface area contributed by atoms with Crippen LogP contribution in [0.3, 0.4) is 0 Å². The molecule has 0 spiro atoms. The van der Waals surface area contributed by atoms with Crippen LogP contribution in [0.5, 0.6) is 5.75 Å². The fraction of sp³-hybridized carbons (Fsp3) is 0.333. The SMILES string of the molecule is OC(c1ccc(OC(F)F)cc1F)C(F)(F)F. The van der Waals surface area contributed by atoms with Crippen LogP contribution in [0, 0.1) is 5.82 Å². The molecule has 0 fully saturated rings. The van der Waals surface area contributed by atoms with E-state index in [0.717, 1.165) is 0 Å². The summed E-state index contributed by atoms with van der Waals surface area (Å²) in [5.74, 6) is -2.11. The van der Waals surface area contributed by atoms with E-state index in [-0.39, 0.29) is 0 Å². The van der Waals surface area contributed by atoms with Crippen LogP contribution >= 0.6 is 0 Å². The number of hydrogen-bond donors (Lipinski definition) is 1. The van der Waals surface area contributed by atoms with Gasteiger partial charge in [-0.3, -0.25) is 0 Å². The molecule has 1 N–H and O–H groups in total. The first-order valence-corrected chi connectivity index (χ1v) is 4.21. The van der Waals surface area contributed by atoms with E-state index in [1.807, 2.05) is 0 Å². The van der Waals surface area contributed by atoms with E-state index in [1.54, 1.807) is 0 Å². The third-order valence-electron chi connectivity index (χ3n) is 1.80. The van der Waals surface area contributed by atoms with Crippen molar-refractivity contribution in [3.63, 3.8) is 0 Å². The van der Waals surface area contributed by atoms with Gasteiger partial charge in [0.05, 0.1) is 0 Å². The fourth-order valence-corrected chi connectivity index (χ4v) is 1.08. The van der Waals surface area contributed by atoms with Crippen LogP contribution < -0.4 is 4.74 Å². The van der Waals surface area contributed by atoms with Gasteiger partial charge in [0.25, 0.3) is 0 Å². The number of benzene rings is 1. The standard InChI is InChI=1S/C9H6F6O2/c10-6-3-4(17-8(11)12)1-2-5(6)7(16)9(13,14)15/h1-3,7-8,16H. The molecule has 0 aliphatic rings. The number of hydrogen-bond acceptors (Lipinski definition) is 2. The van der Waals surface area contributed by atoms with Gasteiger partial charge in [-0.05, 0) is 12.1 Å². The zero-order chi connectivity index (χ0) is 13.2. The van der Waals surface area contributed by atoms with Crippen LogP contribution in [-0.4, -0.2) is 17.9 Å². The minimum Gasteiger partial charge on any atom is -0.435 e. The van der Waals surface area contributed by atoms with Gasteiger partial charge in [0.1, 0.15) is 11.6 Å². The molecule has 0 aromatic heterocycles. The van der Waals surface area contributed by atoms with Gasteiger partial charge in [-0.15, -0.1) is 0 Å². The first-order valence-electron chi connectivity index (χ1n) is 4.21. The number of aliphatic hydroxyl groups is 1. The normalized spacial score (nSPS) is 13.9. The Morgan fingerprint density at radius 2 is 1.76 bits per heavy atom. The Balaban J connectivity index is 2.98. The molecule has 0 bridgehead atoms. The Bertz CT molecular complexity index is 390. The molecule has 17 heavy (non-hydrogen) atoms. The van der Waals surface area contributed by atoms with Crippen molar-refractivity contribution in [1.82, 2.24) is 0 Å². The van der Waals surface area contributed by atoms with Gasteiger partial charge >= 0.3 is 12.8 Å². The van der Waals surface area contributed by atoms with Crippen LogP contribution in [0.25, 0.3) is 0 Å². The Morgan fingerprint density at radius 1 is 1.18 bits per heavy atom. The second-order valence-electron chi connectivity index (χ2n) is 3.01. The Hall–Kier alpha value is -1.44. The molecule has 0 saturated carbocycles. The van der Waals surface area contributed by atoms with E-state index in [4.69, 9.17) is 5.11 Å². The van der Waals surface area contributed by atoms with Gasteiger partial charge in [0, 0.05) is 11.6 Å². The topological polar surface area (TPSA) is 29.5 Å². The summed E-state index contributed by atoms with van der Waals surface area (Å²) in [5.41, 5.74) is -1.06. The van der Waals surface area contributed by atoms with E-state index in [2.05, 4.69) is 4.74 Å². The molecule has 0 saturated heterocycles. The maximum absolute atomic E-state index is 13.1. The third kappa shape index (κ3) is 3.52. The van der Waals surface area contributed by atoms with Crippen molar-refractivity contribution in [2.24, 2.45) is 0 Å². The summed E-state index contributed by atoms with van der Waals surface area (Å²) >= 11 is 0. The molecule has 0 heterocycles. The average Bonchev–Trinajstić information content (AvgIpc) is 2.14. The smallest absolute Gasteiger partial charge is 0.418 e. The highest BCUT2D eigenvalue weighted by Crippen LogP contribution is 2.34. The van der Waals surface area contributed by atoms with Crippen molar-refractivity contribution < 1.29 is 36.2 Å². The highest BCUT2D eigenvalue weighted by Gasteiger charge is 2.40. The summed E-state index contributed by atoms with van der Waals surface area (Å²) in [4.78, 5) is 0. The summed E-state index contributed by atoms with van der Waals surface area (Å²) in [6.07, 6.45) is -8.05. The van der Waals surface area contributed by atoms with Crippen molar-refractivity contribution in [2.45, 2.75) is 18.9 Å². The number of alkyl halides is 5. The lowest BCUT2D eigenvalue weighted by Crippen LogP contribution is -2.21. The zero-order valence-corrected chi connectivity index (χ0v) is 8.01. The van der Waals surface area contributed by atoms with Gasteiger partial charge in [0.15, 0.2) is 6.10 Å². The predicted molar refractivity (Wildman–Crippen MR) is 44.0 cm³/mol. The molecule has 0 aliphatic heterocycles. The molecular weight excluding hydrogens is 254 g/mol. The molecule has 1 unspecified atom stereocenters. The van der Waals surface area contributed by atoms with Crippen LogP contribution in [0.2, 0.25) is 0 Å². The Kier molecular flexibility index (Phi) is 3.87. The van der Waals surface area contributed by atoms with E-state index in [1.165, 1.54) is 0 Å². The first kappa shape index (κ1) is 13.6. The number of halogens is 6. The molecule has 0 radical (unpaired) electrons. The molecule has 96 valence electrons. The van der Waals surface area contributed by atoms with Crippen LogP contribution in [-0.2, 0) is 0 Å². The lowest BCUT2D eigenvalue weighted by Gasteiger charge is -2.16. The number of rotatable bonds is 3. The molecule has 1 aromatic carbocycles. The van der Waals surface area contributed by atoms with E-state index >= 15 is 0 Å². The van der Waals surface area contributed by atoms with Crippen LogP contribution in [0.4, 0.5) is 26.3 Å². The van der Waals surface area contributed by atoms with Gasteiger partial charge in [-0.2, -0.15) is 22.0 Å². The minimum absolute atomic E-state index is 0.344. The fourth-order valence-electron chi connectivity index (χ4n) is 1.08. The lowest BCUT2D eigenvalue weighted by atomic mass is 10.1. The highest BCUT2D eigenvalue weighted by atomic mass is 19.4. The largest absolute Gasteiger partial charge is 0.435 e. The van der Waals surface area contributed by atoms with Gasteiger partial charge < -0.3 is 9.84 Å². The maximum atomic E-state index is 13.1. The third-order valence-corrected chi connectivity index (χ3v) is 1.80. The van der Waals surface area contributed by atoms with E-state index in [9.17, 15) is 26.3 Å². The van der Waals surface area contributed by atoms with E-state index in [0.29, 0.717) is 18.2 Å². The molecular formula is C9H6F6O2. The molecule has 1 aromatic rings. The maximum Gasteiger partial charge on any atom is 0.418 e. The summed E-state index contributed by atoms with van der Waals surface area (Å²) in [6.45, 7) is -3.22. The first-order chi connectivity index (χ1) is 7.71. The highest BCUT2D eigenvalue weighted by molar-refractivity contribution is 5.30. The van der Waals surface area contributed by atoms with Crippen molar-refractivity contribution in [1.29, 1.82) is 0 Å². The van der Waals surface area contributed by atoms with E-state index < -0.39 is 36.0 Å². The second kappa shape index (κ2) is 4.82. The average molecular weight is 260 g/mol. The molecule has 2 nitrogen and oxygen atoms in total. The van der Waals surface area contributed by atoms with Crippen LogP contribution in [0.15, 0.2) is 18.2 Å². The predicted octanol–water partition coefficient (Wildman–Crippen LogP) is 3.02. The summed E-state index contributed by atoms with van der Waals surface area (Å²) in [7, 11) is 0. The minimum atomic E-state index is -5.04.